The first-order valence-corrected chi connectivity index (χ1v) is 10.7. The fourth-order valence-corrected chi connectivity index (χ4v) is 5.51. The molecule has 0 bridgehead atoms. The monoisotopic (exact) mass is 411 g/mol. The van der Waals surface area contributed by atoms with E-state index in [1.807, 2.05) is 0 Å². The van der Waals surface area contributed by atoms with E-state index < -0.39 is 11.1 Å². The third kappa shape index (κ3) is 3.79. The van der Waals surface area contributed by atoms with Gasteiger partial charge in [0.1, 0.15) is 11.2 Å². The molecule has 0 saturated heterocycles. The molecule has 1 aromatic heterocycles. The van der Waals surface area contributed by atoms with Gasteiger partial charge >= 0.3 is 0 Å². The Balaban J connectivity index is 1.57. The summed E-state index contributed by atoms with van der Waals surface area (Å²) >= 11 is 1.68. The molecule has 1 aromatic carbocycles. The van der Waals surface area contributed by atoms with Crippen molar-refractivity contribution in [2.24, 2.45) is 11.3 Å². The van der Waals surface area contributed by atoms with E-state index in [9.17, 15) is 14.9 Å². The molecule has 152 valence electrons. The highest BCUT2D eigenvalue weighted by molar-refractivity contribution is 7.16. The summed E-state index contributed by atoms with van der Waals surface area (Å²) in [6.07, 6.45) is 6.11. The maximum atomic E-state index is 12.8. The zero-order chi connectivity index (χ0) is 20.8. The van der Waals surface area contributed by atoms with Crippen molar-refractivity contribution in [1.82, 2.24) is 5.32 Å². The van der Waals surface area contributed by atoms with Gasteiger partial charge in [0.2, 0.25) is 0 Å². The average Bonchev–Trinajstić information content (AvgIpc) is 3.03. The molecule has 1 amide bonds. The minimum absolute atomic E-state index is 0.0476. The van der Waals surface area contributed by atoms with Crippen LogP contribution in [0.15, 0.2) is 30.3 Å². The summed E-state index contributed by atoms with van der Waals surface area (Å²) in [5, 5.41) is 18.4. The van der Waals surface area contributed by atoms with E-state index in [1.54, 1.807) is 41.7 Å². The van der Waals surface area contributed by atoms with Crippen LogP contribution in [0.25, 0.3) is 6.08 Å². The quantitative estimate of drug-likeness (QED) is 0.550. The number of benzene rings is 1. The molecule has 2 aromatic rings. The molecule has 0 unspecified atom stereocenters. The molecule has 0 fully saturated rings. The Labute approximate surface area is 174 Å². The lowest BCUT2D eigenvalue weighted by Crippen LogP contribution is -2.43. The number of anilines is 1. The van der Waals surface area contributed by atoms with Crippen LogP contribution in [-0.4, -0.2) is 17.0 Å². The summed E-state index contributed by atoms with van der Waals surface area (Å²) < 4.78 is 0. The standard InChI is InChI=1S/C22H25N3O3S/c1-22(2,3)14-9-10-15-17(12-14)29-21-19(15)20(26)23-18(24-21)11-8-13-6-4-5-7-16(13)25(27)28/h4-8,11,14,18,24H,9-10,12H2,1-3H3,(H,23,26)/b11-8+/t14-,18+/m0/s1. The van der Waals surface area contributed by atoms with Gasteiger partial charge in [-0.1, -0.05) is 32.9 Å². The lowest BCUT2D eigenvalue weighted by Gasteiger charge is -2.34. The van der Waals surface area contributed by atoms with E-state index >= 15 is 0 Å². The molecular weight excluding hydrogens is 386 g/mol. The van der Waals surface area contributed by atoms with Crippen molar-refractivity contribution in [1.29, 1.82) is 0 Å². The number of rotatable bonds is 3. The topological polar surface area (TPSA) is 84.3 Å². The van der Waals surface area contributed by atoms with Crippen LogP contribution in [-0.2, 0) is 12.8 Å². The van der Waals surface area contributed by atoms with Crippen LogP contribution in [0.1, 0.15) is 53.6 Å². The van der Waals surface area contributed by atoms with Crippen molar-refractivity contribution in [3.8, 4) is 0 Å². The van der Waals surface area contributed by atoms with Gasteiger partial charge in [0, 0.05) is 10.9 Å². The van der Waals surface area contributed by atoms with E-state index in [1.165, 1.54) is 16.5 Å². The Bertz CT molecular complexity index is 1000. The van der Waals surface area contributed by atoms with Gasteiger partial charge in [0.25, 0.3) is 11.6 Å². The highest BCUT2D eigenvalue weighted by atomic mass is 32.1. The Morgan fingerprint density at radius 1 is 1.24 bits per heavy atom. The van der Waals surface area contributed by atoms with Gasteiger partial charge in [-0.25, -0.2) is 0 Å². The number of amides is 1. The Hall–Kier alpha value is -2.67. The number of nitro groups is 1. The minimum Gasteiger partial charge on any atom is -0.353 e. The van der Waals surface area contributed by atoms with Crippen molar-refractivity contribution in [2.75, 3.05) is 5.32 Å². The molecule has 4 rings (SSSR count). The van der Waals surface area contributed by atoms with Crippen LogP contribution in [0, 0.1) is 21.4 Å². The van der Waals surface area contributed by atoms with Crippen LogP contribution >= 0.6 is 11.3 Å². The number of carbonyl (C=O) groups excluding carboxylic acids is 1. The van der Waals surface area contributed by atoms with Gasteiger partial charge in [0.15, 0.2) is 0 Å². The number of hydrogen-bond acceptors (Lipinski definition) is 5. The molecule has 2 atom stereocenters. The second-order valence-electron chi connectivity index (χ2n) is 8.78. The molecule has 6 nitrogen and oxygen atoms in total. The molecule has 2 aliphatic rings. The second-order valence-corrected chi connectivity index (χ2v) is 9.89. The predicted octanol–water partition coefficient (Wildman–Crippen LogP) is 5.00. The molecule has 2 heterocycles. The first-order valence-electron chi connectivity index (χ1n) is 9.87. The molecule has 0 saturated carbocycles. The summed E-state index contributed by atoms with van der Waals surface area (Å²) in [6, 6.07) is 6.57. The zero-order valence-electron chi connectivity index (χ0n) is 16.8. The highest BCUT2D eigenvalue weighted by Crippen LogP contribution is 2.45. The van der Waals surface area contributed by atoms with Gasteiger partial charge in [0.05, 0.1) is 16.1 Å². The molecule has 0 spiro atoms. The first-order chi connectivity index (χ1) is 13.7. The number of hydrogen-bond donors (Lipinski definition) is 2. The van der Waals surface area contributed by atoms with Crippen LogP contribution < -0.4 is 10.6 Å². The van der Waals surface area contributed by atoms with Gasteiger partial charge in [-0.15, -0.1) is 11.3 Å². The third-order valence-electron chi connectivity index (χ3n) is 5.89. The zero-order valence-corrected chi connectivity index (χ0v) is 17.6. The molecule has 29 heavy (non-hydrogen) atoms. The fourth-order valence-electron chi connectivity index (χ4n) is 4.15. The van der Waals surface area contributed by atoms with Crippen LogP contribution in [0.5, 0.6) is 0 Å². The Morgan fingerprint density at radius 3 is 2.72 bits per heavy atom. The predicted molar refractivity (Wildman–Crippen MR) is 116 cm³/mol. The number of carbonyl (C=O) groups is 1. The summed E-state index contributed by atoms with van der Waals surface area (Å²) in [7, 11) is 0. The molecule has 2 N–H and O–H groups in total. The number of para-hydroxylation sites is 1. The highest BCUT2D eigenvalue weighted by Gasteiger charge is 2.35. The van der Waals surface area contributed by atoms with Gasteiger partial charge in [-0.05, 0) is 54.4 Å². The maximum absolute atomic E-state index is 12.8. The SMILES string of the molecule is CC(C)(C)[C@H]1CCc2c(sc3c2C(=O)N[C@@H](/C=C/c2ccccc2[N+](=O)[O-])N3)C1. The summed E-state index contributed by atoms with van der Waals surface area (Å²) in [5.74, 6) is 0.551. The summed E-state index contributed by atoms with van der Waals surface area (Å²) in [6.45, 7) is 6.85. The molecule has 7 heteroatoms. The summed E-state index contributed by atoms with van der Waals surface area (Å²) in [4.78, 5) is 24.9. The van der Waals surface area contributed by atoms with Crippen LogP contribution in [0.3, 0.4) is 0 Å². The van der Waals surface area contributed by atoms with Gasteiger partial charge < -0.3 is 10.6 Å². The lowest BCUT2D eigenvalue weighted by atomic mass is 9.72. The largest absolute Gasteiger partial charge is 0.353 e. The average molecular weight is 412 g/mol. The van der Waals surface area contributed by atoms with Crippen LogP contribution in [0.2, 0.25) is 0 Å². The van der Waals surface area contributed by atoms with E-state index in [0.717, 1.165) is 29.8 Å². The molecule has 1 aliphatic carbocycles. The smallest absolute Gasteiger partial charge is 0.276 e. The third-order valence-corrected chi connectivity index (χ3v) is 7.08. The number of nitro benzene ring substituents is 1. The van der Waals surface area contributed by atoms with E-state index in [-0.39, 0.29) is 17.0 Å². The van der Waals surface area contributed by atoms with E-state index in [0.29, 0.717) is 11.5 Å². The van der Waals surface area contributed by atoms with Crippen LogP contribution in [0.4, 0.5) is 10.7 Å². The number of nitrogens with one attached hydrogen (secondary N) is 2. The van der Waals surface area contributed by atoms with Crippen molar-refractivity contribution < 1.29 is 9.72 Å². The maximum Gasteiger partial charge on any atom is 0.276 e. The molecular formula is C22H25N3O3S. The van der Waals surface area contributed by atoms with E-state index in [2.05, 4.69) is 31.4 Å². The van der Waals surface area contributed by atoms with Gasteiger partial charge in [-0.3, -0.25) is 14.9 Å². The molecule has 0 radical (unpaired) electrons. The number of nitrogens with zero attached hydrogens (tertiary/aromatic N) is 1. The Kier molecular flexibility index (Phi) is 4.94. The summed E-state index contributed by atoms with van der Waals surface area (Å²) in [5.41, 5.74) is 2.79. The minimum atomic E-state index is -0.399. The fraction of sp³-hybridized carbons (Fsp3) is 0.409. The Morgan fingerprint density at radius 2 is 2.00 bits per heavy atom. The normalized spacial score (nSPS) is 21.3. The second kappa shape index (κ2) is 7.30. The number of fused-ring (bicyclic) bond motifs is 3. The first kappa shape index (κ1) is 19.6. The molecule has 1 aliphatic heterocycles. The lowest BCUT2D eigenvalue weighted by molar-refractivity contribution is -0.385. The van der Waals surface area contributed by atoms with Crippen molar-refractivity contribution in [3.05, 3.63) is 62.0 Å². The van der Waals surface area contributed by atoms with Crippen molar-refractivity contribution in [3.63, 3.8) is 0 Å². The van der Waals surface area contributed by atoms with E-state index in [4.69, 9.17) is 0 Å². The van der Waals surface area contributed by atoms with Crippen molar-refractivity contribution >= 4 is 34.0 Å². The van der Waals surface area contributed by atoms with Gasteiger partial charge in [-0.2, -0.15) is 0 Å². The number of thiophene rings is 1. The van der Waals surface area contributed by atoms with Crippen molar-refractivity contribution in [2.45, 2.75) is 46.2 Å².